The monoisotopic (exact) mass is 474 g/mol. The fourth-order valence-electron chi connectivity index (χ4n) is 4.70. The van der Waals surface area contributed by atoms with Gasteiger partial charge in [0.1, 0.15) is 5.66 Å². The number of amides is 2. The molecule has 2 unspecified atom stereocenters. The van der Waals surface area contributed by atoms with Crippen molar-refractivity contribution >= 4 is 17.4 Å². The van der Waals surface area contributed by atoms with Gasteiger partial charge in [-0.1, -0.05) is 83.2 Å². The standard InChI is InChI=1S/C30H42N4O/c1-8-24-12-9-10-19-30(24,31-20-23-15-17-25(18-16-23)34(6)7)33-29(35)32-28-26(21(2)3)13-11-14-27(28)22(4)5/h9-19,21-22,24,31H,8,20H2,1-7H3,(H2,32,33,35). The summed E-state index contributed by atoms with van der Waals surface area (Å²) in [6, 6.07) is 14.6. The lowest BCUT2D eigenvalue weighted by Crippen LogP contribution is -2.62. The first-order valence-electron chi connectivity index (χ1n) is 12.8. The van der Waals surface area contributed by atoms with E-state index in [1.165, 1.54) is 5.56 Å². The van der Waals surface area contributed by atoms with E-state index in [1.807, 2.05) is 20.2 Å². The maximum Gasteiger partial charge on any atom is 0.320 e. The molecule has 5 heteroatoms. The van der Waals surface area contributed by atoms with Gasteiger partial charge in [-0.2, -0.15) is 0 Å². The summed E-state index contributed by atoms with van der Waals surface area (Å²) in [5.41, 5.74) is 4.88. The SMILES string of the molecule is CCC1C=CC=CC1(NCc1ccc(N(C)C)cc1)NC(=O)Nc1c(C(C)C)cccc1C(C)C. The minimum atomic E-state index is -0.682. The summed E-state index contributed by atoms with van der Waals surface area (Å²) in [5.74, 6) is 0.744. The molecule has 0 bridgehead atoms. The lowest BCUT2D eigenvalue weighted by Gasteiger charge is -2.40. The summed E-state index contributed by atoms with van der Waals surface area (Å²) in [6.45, 7) is 11.4. The van der Waals surface area contributed by atoms with Crippen molar-refractivity contribution in [3.8, 4) is 0 Å². The summed E-state index contributed by atoms with van der Waals surface area (Å²) in [6.07, 6.45) is 9.21. The van der Waals surface area contributed by atoms with E-state index in [2.05, 4.69) is 116 Å². The van der Waals surface area contributed by atoms with Gasteiger partial charge in [0.2, 0.25) is 0 Å². The molecule has 0 aliphatic heterocycles. The fraction of sp³-hybridized carbons (Fsp3) is 0.433. The Labute approximate surface area is 211 Å². The van der Waals surface area contributed by atoms with Crippen molar-refractivity contribution in [2.24, 2.45) is 5.92 Å². The predicted octanol–water partition coefficient (Wildman–Crippen LogP) is 6.76. The molecule has 0 heterocycles. The van der Waals surface area contributed by atoms with Crippen LogP contribution in [0.15, 0.2) is 66.8 Å². The van der Waals surface area contributed by atoms with Gasteiger partial charge in [0.25, 0.3) is 0 Å². The Balaban J connectivity index is 1.85. The third-order valence-electron chi connectivity index (χ3n) is 6.81. The van der Waals surface area contributed by atoms with Crippen LogP contribution in [0.4, 0.5) is 16.2 Å². The predicted molar refractivity (Wildman–Crippen MR) is 149 cm³/mol. The molecule has 2 atom stereocenters. The topological polar surface area (TPSA) is 56.4 Å². The third kappa shape index (κ3) is 6.34. The summed E-state index contributed by atoms with van der Waals surface area (Å²) < 4.78 is 0. The molecule has 3 N–H and O–H groups in total. The van der Waals surface area contributed by atoms with Crippen LogP contribution in [-0.4, -0.2) is 25.8 Å². The molecule has 5 nitrogen and oxygen atoms in total. The summed E-state index contributed by atoms with van der Waals surface area (Å²) in [4.78, 5) is 15.6. The van der Waals surface area contributed by atoms with Crippen molar-refractivity contribution < 1.29 is 4.79 Å². The molecule has 0 spiro atoms. The zero-order chi connectivity index (χ0) is 25.6. The molecule has 3 rings (SSSR count). The average molecular weight is 475 g/mol. The van der Waals surface area contributed by atoms with Crippen LogP contribution in [0.25, 0.3) is 0 Å². The van der Waals surface area contributed by atoms with Gasteiger partial charge in [-0.25, -0.2) is 4.79 Å². The smallest absolute Gasteiger partial charge is 0.320 e. The van der Waals surface area contributed by atoms with Crippen LogP contribution in [0, 0.1) is 5.92 Å². The van der Waals surface area contributed by atoms with Crippen molar-refractivity contribution in [2.75, 3.05) is 24.3 Å². The second-order valence-electron chi connectivity index (χ2n) is 10.2. The number of allylic oxidation sites excluding steroid dienone is 2. The highest BCUT2D eigenvalue weighted by molar-refractivity contribution is 5.92. The highest BCUT2D eigenvalue weighted by Crippen LogP contribution is 2.33. The van der Waals surface area contributed by atoms with Gasteiger partial charge in [-0.3, -0.25) is 5.32 Å². The van der Waals surface area contributed by atoms with Gasteiger partial charge >= 0.3 is 6.03 Å². The van der Waals surface area contributed by atoms with E-state index in [-0.39, 0.29) is 11.9 Å². The van der Waals surface area contributed by atoms with Crippen molar-refractivity contribution in [2.45, 2.75) is 65.1 Å². The number of benzene rings is 2. The number of urea groups is 1. The Morgan fingerprint density at radius 1 is 0.971 bits per heavy atom. The van der Waals surface area contributed by atoms with Crippen molar-refractivity contribution in [1.82, 2.24) is 10.6 Å². The number of nitrogens with one attached hydrogen (secondary N) is 3. The first-order chi connectivity index (χ1) is 16.7. The van der Waals surface area contributed by atoms with Crippen molar-refractivity contribution in [3.63, 3.8) is 0 Å². The molecule has 0 saturated carbocycles. The largest absolute Gasteiger partial charge is 0.378 e. The Bertz CT molecular complexity index is 1030. The molecule has 0 aromatic heterocycles. The van der Waals surface area contributed by atoms with Gasteiger partial charge < -0.3 is 15.5 Å². The normalized spacial score (nSPS) is 19.3. The Hall–Kier alpha value is -3.05. The zero-order valence-electron chi connectivity index (χ0n) is 22.4. The number of nitrogens with zero attached hydrogens (tertiary/aromatic N) is 1. The van der Waals surface area contributed by atoms with Gasteiger partial charge in [0, 0.05) is 37.9 Å². The van der Waals surface area contributed by atoms with E-state index in [0.29, 0.717) is 18.4 Å². The molecule has 0 saturated heterocycles. The van der Waals surface area contributed by atoms with E-state index in [4.69, 9.17) is 0 Å². The van der Waals surface area contributed by atoms with E-state index >= 15 is 0 Å². The van der Waals surface area contributed by atoms with Crippen LogP contribution in [0.2, 0.25) is 0 Å². The molecule has 0 fully saturated rings. The highest BCUT2D eigenvalue weighted by atomic mass is 16.2. The Kier molecular flexibility index (Phi) is 8.79. The quantitative estimate of drug-likeness (QED) is 0.352. The van der Waals surface area contributed by atoms with Gasteiger partial charge in [-0.05, 0) is 53.2 Å². The Morgan fingerprint density at radius 3 is 2.14 bits per heavy atom. The lowest BCUT2D eigenvalue weighted by molar-refractivity contribution is 0.214. The molecule has 2 aromatic carbocycles. The summed E-state index contributed by atoms with van der Waals surface area (Å²) >= 11 is 0. The van der Waals surface area contributed by atoms with Gasteiger partial charge in [0.05, 0.1) is 0 Å². The van der Waals surface area contributed by atoms with Crippen LogP contribution in [0.1, 0.15) is 69.6 Å². The molecule has 35 heavy (non-hydrogen) atoms. The number of rotatable bonds is 9. The number of para-hydroxylation sites is 1. The van der Waals surface area contributed by atoms with Crippen LogP contribution in [0.5, 0.6) is 0 Å². The zero-order valence-corrected chi connectivity index (χ0v) is 22.4. The minimum Gasteiger partial charge on any atom is -0.378 e. The van der Waals surface area contributed by atoms with Crippen LogP contribution in [0.3, 0.4) is 0 Å². The van der Waals surface area contributed by atoms with Crippen LogP contribution >= 0.6 is 0 Å². The maximum atomic E-state index is 13.5. The maximum absolute atomic E-state index is 13.5. The van der Waals surface area contributed by atoms with E-state index in [9.17, 15) is 4.79 Å². The van der Waals surface area contributed by atoms with Gasteiger partial charge in [0.15, 0.2) is 0 Å². The minimum absolute atomic E-state index is 0.129. The highest BCUT2D eigenvalue weighted by Gasteiger charge is 2.36. The van der Waals surface area contributed by atoms with E-state index in [1.54, 1.807) is 0 Å². The lowest BCUT2D eigenvalue weighted by atomic mass is 9.85. The third-order valence-corrected chi connectivity index (χ3v) is 6.81. The fourth-order valence-corrected chi connectivity index (χ4v) is 4.70. The molecule has 1 aliphatic rings. The molecular weight excluding hydrogens is 432 g/mol. The second kappa shape index (κ2) is 11.6. The van der Waals surface area contributed by atoms with Gasteiger partial charge in [-0.15, -0.1) is 0 Å². The van der Waals surface area contributed by atoms with Crippen molar-refractivity contribution in [3.05, 3.63) is 83.5 Å². The first kappa shape index (κ1) is 26.6. The number of hydrogen-bond donors (Lipinski definition) is 3. The summed E-state index contributed by atoms with van der Waals surface area (Å²) in [7, 11) is 4.08. The molecule has 0 radical (unpaired) electrons. The molecular formula is C30H42N4O. The van der Waals surface area contributed by atoms with E-state index in [0.717, 1.165) is 28.9 Å². The van der Waals surface area contributed by atoms with Crippen molar-refractivity contribution in [1.29, 1.82) is 0 Å². The van der Waals surface area contributed by atoms with Crippen LogP contribution in [-0.2, 0) is 6.54 Å². The number of anilines is 2. The molecule has 2 aromatic rings. The average Bonchev–Trinajstić information content (AvgIpc) is 2.83. The molecule has 2 amide bonds. The Morgan fingerprint density at radius 2 is 1.60 bits per heavy atom. The first-order valence-corrected chi connectivity index (χ1v) is 12.8. The molecule has 188 valence electrons. The summed E-state index contributed by atoms with van der Waals surface area (Å²) in [5, 5.41) is 10.2. The number of hydrogen-bond acceptors (Lipinski definition) is 3. The second-order valence-corrected chi connectivity index (χ2v) is 10.2. The van der Waals surface area contributed by atoms with Crippen LogP contribution < -0.4 is 20.9 Å². The number of carbonyl (C=O) groups excluding carboxylic acids is 1. The number of carbonyl (C=O) groups is 1. The molecule has 1 aliphatic carbocycles. The van der Waals surface area contributed by atoms with E-state index < -0.39 is 5.66 Å².